The van der Waals surface area contributed by atoms with E-state index in [0.717, 1.165) is 21.9 Å². The Labute approximate surface area is 130 Å². The quantitative estimate of drug-likeness (QED) is 0.822. The molecule has 2 aromatic carbocycles. The lowest BCUT2D eigenvalue weighted by atomic mass is 10.1. The fourth-order valence-electron chi connectivity index (χ4n) is 2.10. The summed E-state index contributed by atoms with van der Waals surface area (Å²) in [6, 6.07) is 15.9. The maximum atomic E-state index is 8.86. The van der Waals surface area contributed by atoms with Crippen LogP contribution in [0.4, 0.5) is 0 Å². The van der Waals surface area contributed by atoms with Gasteiger partial charge in [0.05, 0.1) is 6.61 Å². The van der Waals surface area contributed by atoms with Gasteiger partial charge in [0.1, 0.15) is 12.4 Å². The SMILES string of the molecule is CC(NCc1ccccc1OCCO)c1cccc(Cl)c1. The van der Waals surface area contributed by atoms with Crippen molar-refractivity contribution in [2.45, 2.75) is 19.5 Å². The van der Waals surface area contributed by atoms with Crippen LogP contribution in [0.15, 0.2) is 48.5 Å². The molecular weight excluding hydrogens is 286 g/mol. The minimum Gasteiger partial charge on any atom is -0.491 e. The second-order valence-electron chi connectivity index (χ2n) is 4.84. The van der Waals surface area contributed by atoms with Gasteiger partial charge in [0.15, 0.2) is 0 Å². The van der Waals surface area contributed by atoms with Crippen molar-refractivity contribution in [2.75, 3.05) is 13.2 Å². The van der Waals surface area contributed by atoms with Crippen LogP contribution in [0, 0.1) is 0 Å². The molecule has 21 heavy (non-hydrogen) atoms. The molecule has 0 spiro atoms. The molecule has 0 heterocycles. The smallest absolute Gasteiger partial charge is 0.123 e. The number of rotatable bonds is 7. The number of hydrogen-bond acceptors (Lipinski definition) is 3. The van der Waals surface area contributed by atoms with Crippen LogP contribution in [0.3, 0.4) is 0 Å². The van der Waals surface area contributed by atoms with Crippen LogP contribution < -0.4 is 10.1 Å². The van der Waals surface area contributed by atoms with E-state index in [2.05, 4.69) is 18.3 Å². The van der Waals surface area contributed by atoms with E-state index in [9.17, 15) is 0 Å². The number of nitrogens with one attached hydrogen (secondary N) is 1. The van der Waals surface area contributed by atoms with Crippen LogP contribution in [0.2, 0.25) is 5.02 Å². The van der Waals surface area contributed by atoms with Crippen molar-refractivity contribution in [3.05, 3.63) is 64.7 Å². The molecule has 0 saturated carbocycles. The molecule has 0 aromatic heterocycles. The first-order valence-corrected chi connectivity index (χ1v) is 7.39. The highest BCUT2D eigenvalue weighted by Crippen LogP contribution is 2.21. The van der Waals surface area contributed by atoms with Crippen molar-refractivity contribution in [3.63, 3.8) is 0 Å². The van der Waals surface area contributed by atoms with Gasteiger partial charge in [-0.3, -0.25) is 0 Å². The summed E-state index contributed by atoms with van der Waals surface area (Å²) in [5, 5.41) is 13.1. The second kappa shape index (κ2) is 8.03. The number of benzene rings is 2. The fraction of sp³-hybridized carbons (Fsp3) is 0.294. The third kappa shape index (κ3) is 4.74. The van der Waals surface area contributed by atoms with E-state index in [4.69, 9.17) is 21.4 Å². The first kappa shape index (κ1) is 15.8. The van der Waals surface area contributed by atoms with Gasteiger partial charge in [0, 0.05) is 23.2 Å². The lowest BCUT2D eigenvalue weighted by Gasteiger charge is -2.16. The lowest BCUT2D eigenvalue weighted by Crippen LogP contribution is -2.18. The third-order valence-corrected chi connectivity index (χ3v) is 3.50. The Morgan fingerprint density at radius 1 is 1.19 bits per heavy atom. The van der Waals surface area contributed by atoms with E-state index in [1.54, 1.807) is 0 Å². The number of aliphatic hydroxyl groups excluding tert-OH is 1. The molecule has 1 atom stereocenters. The van der Waals surface area contributed by atoms with E-state index in [1.165, 1.54) is 0 Å². The zero-order chi connectivity index (χ0) is 15.1. The summed E-state index contributed by atoms with van der Waals surface area (Å²) < 4.78 is 5.53. The average Bonchev–Trinajstić information content (AvgIpc) is 2.51. The van der Waals surface area contributed by atoms with Crippen LogP contribution in [0.5, 0.6) is 5.75 Å². The van der Waals surface area contributed by atoms with Gasteiger partial charge in [0.25, 0.3) is 0 Å². The molecule has 0 radical (unpaired) electrons. The molecule has 3 nitrogen and oxygen atoms in total. The largest absolute Gasteiger partial charge is 0.491 e. The summed E-state index contributed by atoms with van der Waals surface area (Å²) in [5.74, 6) is 0.803. The van der Waals surface area contributed by atoms with Gasteiger partial charge in [0.2, 0.25) is 0 Å². The molecule has 0 fully saturated rings. The normalized spacial score (nSPS) is 12.1. The highest BCUT2D eigenvalue weighted by molar-refractivity contribution is 6.30. The van der Waals surface area contributed by atoms with Crippen LogP contribution in [-0.2, 0) is 6.54 Å². The van der Waals surface area contributed by atoms with Gasteiger partial charge in [-0.15, -0.1) is 0 Å². The third-order valence-electron chi connectivity index (χ3n) is 3.27. The summed E-state index contributed by atoms with van der Waals surface area (Å²) >= 11 is 6.02. The molecule has 0 bridgehead atoms. The number of para-hydroxylation sites is 1. The summed E-state index contributed by atoms with van der Waals surface area (Å²) in [6.07, 6.45) is 0. The Kier molecular flexibility index (Phi) is 6.05. The van der Waals surface area contributed by atoms with Gasteiger partial charge in [-0.05, 0) is 30.7 Å². The Bertz CT molecular complexity index is 574. The zero-order valence-corrected chi connectivity index (χ0v) is 12.8. The zero-order valence-electron chi connectivity index (χ0n) is 12.1. The predicted octanol–water partition coefficient (Wildman–Crippen LogP) is 3.56. The van der Waals surface area contributed by atoms with Crippen LogP contribution in [0.25, 0.3) is 0 Å². The topological polar surface area (TPSA) is 41.5 Å². The van der Waals surface area contributed by atoms with E-state index in [-0.39, 0.29) is 12.6 Å². The van der Waals surface area contributed by atoms with E-state index in [1.807, 2.05) is 42.5 Å². The standard InChI is InChI=1S/C17H20ClNO2/c1-13(14-6-4-7-16(18)11-14)19-12-15-5-2-3-8-17(15)21-10-9-20/h2-8,11,13,19-20H,9-10,12H2,1H3. The predicted molar refractivity (Wildman–Crippen MR) is 85.7 cm³/mol. The highest BCUT2D eigenvalue weighted by atomic mass is 35.5. The number of hydrogen-bond donors (Lipinski definition) is 2. The molecule has 2 rings (SSSR count). The van der Waals surface area contributed by atoms with Gasteiger partial charge in [-0.2, -0.15) is 0 Å². The molecule has 0 amide bonds. The molecule has 0 aliphatic rings. The molecule has 0 aliphatic carbocycles. The maximum absolute atomic E-state index is 8.86. The van der Waals surface area contributed by atoms with Crippen molar-refractivity contribution >= 4 is 11.6 Å². The monoisotopic (exact) mass is 305 g/mol. The van der Waals surface area contributed by atoms with Crippen molar-refractivity contribution in [1.29, 1.82) is 0 Å². The Morgan fingerprint density at radius 3 is 2.76 bits per heavy atom. The van der Waals surface area contributed by atoms with Crippen molar-refractivity contribution < 1.29 is 9.84 Å². The van der Waals surface area contributed by atoms with Crippen LogP contribution in [0.1, 0.15) is 24.1 Å². The molecule has 112 valence electrons. The number of ether oxygens (including phenoxy) is 1. The Morgan fingerprint density at radius 2 is 2.00 bits per heavy atom. The van der Waals surface area contributed by atoms with Crippen molar-refractivity contribution in [2.24, 2.45) is 0 Å². The van der Waals surface area contributed by atoms with Crippen LogP contribution in [-0.4, -0.2) is 18.3 Å². The summed E-state index contributed by atoms with van der Waals surface area (Å²) in [6.45, 7) is 3.11. The molecule has 4 heteroatoms. The lowest BCUT2D eigenvalue weighted by molar-refractivity contribution is 0.200. The Balaban J connectivity index is 1.99. The maximum Gasteiger partial charge on any atom is 0.123 e. The van der Waals surface area contributed by atoms with Crippen molar-refractivity contribution in [1.82, 2.24) is 5.32 Å². The summed E-state index contributed by atoms with van der Waals surface area (Å²) in [4.78, 5) is 0. The average molecular weight is 306 g/mol. The van der Waals surface area contributed by atoms with E-state index < -0.39 is 0 Å². The molecule has 0 aliphatic heterocycles. The molecular formula is C17H20ClNO2. The Hall–Kier alpha value is -1.55. The molecule has 2 N–H and O–H groups in total. The number of halogens is 1. The molecule has 1 unspecified atom stereocenters. The first-order valence-electron chi connectivity index (χ1n) is 7.01. The summed E-state index contributed by atoms with van der Waals surface area (Å²) in [7, 11) is 0. The number of aliphatic hydroxyl groups is 1. The van der Waals surface area contributed by atoms with Gasteiger partial charge < -0.3 is 15.2 Å². The summed E-state index contributed by atoms with van der Waals surface area (Å²) in [5.41, 5.74) is 2.22. The van der Waals surface area contributed by atoms with Crippen molar-refractivity contribution in [3.8, 4) is 5.75 Å². The van der Waals surface area contributed by atoms with Gasteiger partial charge >= 0.3 is 0 Å². The van der Waals surface area contributed by atoms with Gasteiger partial charge in [-0.1, -0.05) is 41.9 Å². The minimum absolute atomic E-state index is 0.0146. The fourth-order valence-corrected chi connectivity index (χ4v) is 2.30. The minimum atomic E-state index is 0.0146. The van der Waals surface area contributed by atoms with E-state index in [0.29, 0.717) is 13.2 Å². The molecule has 0 saturated heterocycles. The van der Waals surface area contributed by atoms with Crippen LogP contribution >= 0.6 is 11.6 Å². The first-order chi connectivity index (χ1) is 10.2. The molecule has 2 aromatic rings. The second-order valence-corrected chi connectivity index (χ2v) is 5.27. The highest BCUT2D eigenvalue weighted by Gasteiger charge is 2.08. The van der Waals surface area contributed by atoms with E-state index >= 15 is 0 Å². The van der Waals surface area contributed by atoms with Gasteiger partial charge in [-0.25, -0.2) is 0 Å².